The Morgan fingerprint density at radius 2 is 1.69 bits per heavy atom. The van der Waals surface area contributed by atoms with Crippen LogP contribution in [0.1, 0.15) is 35.3 Å². The molecule has 0 heterocycles. The zero-order valence-electron chi connectivity index (χ0n) is 17.9. The second-order valence-corrected chi connectivity index (χ2v) is 8.87. The lowest BCUT2D eigenvalue weighted by atomic mass is 10.0. The van der Waals surface area contributed by atoms with E-state index in [9.17, 15) is 24.3 Å². The summed E-state index contributed by atoms with van der Waals surface area (Å²) in [6.07, 6.45) is -0.0691. The van der Waals surface area contributed by atoms with Crippen LogP contribution < -0.4 is 11.1 Å². The largest absolute Gasteiger partial charge is 0.368 e. The van der Waals surface area contributed by atoms with Crippen molar-refractivity contribution in [2.45, 2.75) is 32.5 Å². The molecule has 0 fully saturated rings. The highest BCUT2D eigenvalue weighted by molar-refractivity contribution is 7.53. The molecule has 3 N–H and O–H groups in total. The summed E-state index contributed by atoms with van der Waals surface area (Å²) in [5, 5.41) is 13.7. The van der Waals surface area contributed by atoms with Gasteiger partial charge in [-0.15, -0.1) is 0 Å². The summed E-state index contributed by atoms with van der Waals surface area (Å²) in [5.74, 6) is -1.39. The summed E-state index contributed by atoms with van der Waals surface area (Å²) < 4.78 is 23.2. The number of para-hydroxylation sites is 1. The van der Waals surface area contributed by atoms with Crippen LogP contribution >= 0.6 is 7.60 Å². The summed E-state index contributed by atoms with van der Waals surface area (Å²) in [7, 11) is -3.28. The Bertz CT molecular complexity index is 1000. The summed E-state index contributed by atoms with van der Waals surface area (Å²) in [6, 6.07) is 11.0. The quantitative estimate of drug-likeness (QED) is 0.279. The number of nitrogens with two attached hydrogens (primary N) is 1. The summed E-state index contributed by atoms with van der Waals surface area (Å²) in [5.41, 5.74) is 6.41. The van der Waals surface area contributed by atoms with E-state index in [1.807, 2.05) is 0 Å². The second kappa shape index (κ2) is 11.5. The van der Waals surface area contributed by atoms with E-state index in [1.165, 1.54) is 30.3 Å². The van der Waals surface area contributed by atoms with Crippen LogP contribution in [0.4, 0.5) is 5.69 Å². The van der Waals surface area contributed by atoms with E-state index >= 15 is 0 Å². The molecule has 2 rings (SSSR count). The molecule has 0 spiro atoms. The Balaban J connectivity index is 2.12. The van der Waals surface area contributed by atoms with E-state index in [1.54, 1.807) is 32.0 Å². The first kappa shape index (κ1) is 25.2. The molecule has 2 aromatic carbocycles. The fourth-order valence-corrected chi connectivity index (χ4v) is 4.75. The molecule has 0 saturated heterocycles. The van der Waals surface area contributed by atoms with Gasteiger partial charge in [0.25, 0.3) is 11.6 Å². The third-order valence-electron chi connectivity index (χ3n) is 4.51. The van der Waals surface area contributed by atoms with Crippen molar-refractivity contribution in [3.05, 3.63) is 75.3 Å². The molecule has 1 atom stereocenters. The Morgan fingerprint density at radius 1 is 1.09 bits per heavy atom. The van der Waals surface area contributed by atoms with Gasteiger partial charge in [-0.05, 0) is 31.5 Å². The molecule has 0 aliphatic carbocycles. The van der Waals surface area contributed by atoms with Crippen molar-refractivity contribution in [3.8, 4) is 0 Å². The van der Waals surface area contributed by atoms with Gasteiger partial charge < -0.3 is 20.1 Å². The minimum atomic E-state index is -3.28. The van der Waals surface area contributed by atoms with Crippen molar-refractivity contribution < 1.29 is 28.1 Å². The van der Waals surface area contributed by atoms with Gasteiger partial charge in [0.15, 0.2) is 0 Å². The number of hydrogen-bond donors (Lipinski definition) is 2. The van der Waals surface area contributed by atoms with Crippen LogP contribution in [0.25, 0.3) is 0 Å². The normalized spacial score (nSPS) is 12.2. The third-order valence-corrected chi connectivity index (χ3v) is 6.56. The van der Waals surface area contributed by atoms with E-state index < -0.39 is 30.4 Å². The van der Waals surface area contributed by atoms with E-state index in [0.29, 0.717) is 5.56 Å². The molecule has 0 unspecified atom stereocenters. The fraction of sp³-hybridized carbons (Fsp3) is 0.333. The van der Waals surface area contributed by atoms with Gasteiger partial charge in [0.2, 0.25) is 5.91 Å². The van der Waals surface area contributed by atoms with Gasteiger partial charge in [0.05, 0.1) is 24.3 Å². The average molecular weight is 463 g/mol. The number of benzene rings is 2. The standard InChI is InChI=1S/C21H26N3O7P/c1-3-30-32(29,31-4-2)14-15-9-11-16(12-10-15)21(26)23-18(20(22)25)13-17-7-5-6-8-19(17)24(27)28/h5-12,18H,3-4,13-14H2,1-2H3,(H2,22,25)(H,23,26)/t18-/m0/s1. The van der Waals surface area contributed by atoms with E-state index in [0.717, 1.165) is 0 Å². The first-order chi connectivity index (χ1) is 15.2. The lowest BCUT2D eigenvalue weighted by Crippen LogP contribution is -2.45. The van der Waals surface area contributed by atoms with Gasteiger partial charge in [-0.25, -0.2) is 0 Å². The molecule has 0 aliphatic heterocycles. The van der Waals surface area contributed by atoms with Crippen LogP contribution in [-0.2, 0) is 31.0 Å². The molecule has 11 heteroatoms. The van der Waals surface area contributed by atoms with Crippen molar-refractivity contribution in [2.24, 2.45) is 5.73 Å². The zero-order chi connectivity index (χ0) is 23.7. The number of amides is 2. The topological polar surface area (TPSA) is 151 Å². The SMILES string of the molecule is CCOP(=O)(Cc1ccc(C(=O)N[C@@H](Cc2ccccc2[N+](=O)[O-])C(N)=O)cc1)OCC. The number of nitrogens with one attached hydrogen (secondary N) is 1. The molecule has 0 aromatic heterocycles. The highest BCUT2D eigenvalue weighted by Crippen LogP contribution is 2.51. The van der Waals surface area contributed by atoms with Crippen LogP contribution in [0.3, 0.4) is 0 Å². The van der Waals surface area contributed by atoms with Gasteiger partial charge in [-0.1, -0.05) is 30.3 Å². The van der Waals surface area contributed by atoms with Crippen molar-refractivity contribution in [2.75, 3.05) is 13.2 Å². The molecule has 32 heavy (non-hydrogen) atoms. The molecular weight excluding hydrogens is 437 g/mol. The average Bonchev–Trinajstić information content (AvgIpc) is 2.74. The Labute approximate surface area is 185 Å². The van der Waals surface area contributed by atoms with E-state index in [4.69, 9.17) is 14.8 Å². The third kappa shape index (κ3) is 6.98. The van der Waals surface area contributed by atoms with Gasteiger partial charge in [0, 0.05) is 23.6 Å². The molecule has 0 aliphatic rings. The fourth-order valence-electron chi connectivity index (χ4n) is 3.05. The van der Waals surface area contributed by atoms with Crippen molar-refractivity contribution in [3.63, 3.8) is 0 Å². The second-order valence-electron chi connectivity index (χ2n) is 6.82. The monoisotopic (exact) mass is 463 g/mol. The lowest BCUT2D eigenvalue weighted by molar-refractivity contribution is -0.385. The molecule has 10 nitrogen and oxygen atoms in total. The van der Waals surface area contributed by atoms with Gasteiger partial charge in [0.1, 0.15) is 6.04 Å². The van der Waals surface area contributed by atoms with Crippen LogP contribution in [0.5, 0.6) is 0 Å². The minimum Gasteiger partial charge on any atom is -0.368 e. The van der Waals surface area contributed by atoms with Crippen molar-refractivity contribution in [1.29, 1.82) is 0 Å². The predicted molar refractivity (Wildman–Crippen MR) is 118 cm³/mol. The maximum absolute atomic E-state index is 12.6. The van der Waals surface area contributed by atoms with Crippen molar-refractivity contribution >= 4 is 25.1 Å². The Kier molecular flexibility index (Phi) is 9.07. The molecule has 2 amide bonds. The van der Waals surface area contributed by atoms with Crippen LogP contribution in [0, 0.1) is 10.1 Å². The smallest absolute Gasteiger partial charge is 0.335 e. The molecular formula is C21H26N3O7P. The molecule has 172 valence electrons. The van der Waals surface area contributed by atoms with Gasteiger partial charge in [-0.2, -0.15) is 0 Å². The van der Waals surface area contributed by atoms with Crippen LogP contribution in [-0.4, -0.2) is 36.0 Å². The van der Waals surface area contributed by atoms with Crippen LogP contribution in [0.15, 0.2) is 48.5 Å². The number of nitro benzene ring substituents is 1. The number of rotatable bonds is 12. The maximum Gasteiger partial charge on any atom is 0.335 e. The van der Waals surface area contributed by atoms with Gasteiger partial charge in [-0.3, -0.25) is 24.3 Å². The molecule has 2 aromatic rings. The Morgan fingerprint density at radius 3 is 2.22 bits per heavy atom. The number of carbonyl (C=O) groups is 2. The molecule has 0 radical (unpaired) electrons. The number of primary amides is 1. The number of hydrogen-bond acceptors (Lipinski definition) is 7. The van der Waals surface area contributed by atoms with E-state index in [2.05, 4.69) is 5.32 Å². The number of nitrogens with zero attached hydrogens (tertiary/aromatic N) is 1. The predicted octanol–water partition coefficient (Wildman–Crippen LogP) is 3.19. The highest BCUT2D eigenvalue weighted by atomic mass is 31.2. The zero-order valence-corrected chi connectivity index (χ0v) is 18.7. The summed E-state index contributed by atoms with van der Waals surface area (Å²) in [4.78, 5) is 35.1. The number of nitro groups is 1. The molecule has 0 bridgehead atoms. The summed E-state index contributed by atoms with van der Waals surface area (Å²) in [6.45, 7) is 3.92. The first-order valence-electron chi connectivity index (χ1n) is 9.98. The minimum absolute atomic E-state index is 0.0537. The Hall–Kier alpha value is -3.07. The lowest BCUT2D eigenvalue weighted by Gasteiger charge is -2.17. The first-order valence-corrected chi connectivity index (χ1v) is 11.7. The van der Waals surface area contributed by atoms with E-state index in [-0.39, 0.29) is 42.6 Å². The highest BCUT2D eigenvalue weighted by Gasteiger charge is 2.25. The van der Waals surface area contributed by atoms with Crippen molar-refractivity contribution in [1.82, 2.24) is 5.32 Å². The van der Waals surface area contributed by atoms with Gasteiger partial charge >= 0.3 is 7.60 Å². The maximum atomic E-state index is 12.6. The number of carbonyl (C=O) groups excluding carboxylic acids is 2. The molecule has 0 saturated carbocycles. The summed E-state index contributed by atoms with van der Waals surface area (Å²) >= 11 is 0. The van der Waals surface area contributed by atoms with Crippen LogP contribution in [0.2, 0.25) is 0 Å².